The first kappa shape index (κ1) is 15.4. The number of halogens is 3. The molecular formula is C14H16F3N3O. The molecule has 1 heterocycles. The zero-order valence-corrected chi connectivity index (χ0v) is 11.9. The van der Waals surface area contributed by atoms with Gasteiger partial charge in [0.05, 0.1) is 24.6 Å². The fraction of sp³-hybridized carbons (Fsp3) is 0.357. The molecule has 1 unspecified atom stereocenters. The maximum atomic E-state index is 12.7. The molecule has 114 valence electrons. The molecule has 2 rings (SSSR count). The number of rotatable bonds is 4. The number of nitrogens with zero attached hydrogens (tertiary/aromatic N) is 2. The quantitative estimate of drug-likeness (QED) is 0.942. The Hall–Kier alpha value is -2.02. The van der Waals surface area contributed by atoms with Gasteiger partial charge < -0.3 is 10.1 Å². The summed E-state index contributed by atoms with van der Waals surface area (Å²) in [7, 11) is 3.29. The van der Waals surface area contributed by atoms with Crippen LogP contribution in [-0.4, -0.2) is 23.9 Å². The second kappa shape index (κ2) is 5.77. The highest BCUT2D eigenvalue weighted by molar-refractivity contribution is 5.51. The van der Waals surface area contributed by atoms with Crippen LogP contribution in [0.2, 0.25) is 0 Å². The molecule has 0 fully saturated rings. The van der Waals surface area contributed by atoms with Crippen LogP contribution >= 0.6 is 0 Å². The molecular weight excluding hydrogens is 283 g/mol. The molecule has 1 aromatic heterocycles. The van der Waals surface area contributed by atoms with Crippen LogP contribution in [0.3, 0.4) is 0 Å². The van der Waals surface area contributed by atoms with Crippen molar-refractivity contribution < 1.29 is 17.9 Å². The number of benzene rings is 1. The van der Waals surface area contributed by atoms with Crippen molar-refractivity contribution in [1.29, 1.82) is 0 Å². The van der Waals surface area contributed by atoms with Crippen LogP contribution in [0.5, 0.6) is 5.75 Å². The molecule has 0 amide bonds. The zero-order chi connectivity index (χ0) is 15.6. The van der Waals surface area contributed by atoms with Gasteiger partial charge in [-0.05, 0) is 26.1 Å². The molecule has 2 aromatic rings. The maximum Gasteiger partial charge on any atom is 0.419 e. The summed E-state index contributed by atoms with van der Waals surface area (Å²) in [4.78, 5) is 0. The van der Waals surface area contributed by atoms with Crippen LogP contribution in [0.1, 0.15) is 24.1 Å². The van der Waals surface area contributed by atoms with E-state index in [1.807, 2.05) is 6.92 Å². The van der Waals surface area contributed by atoms with E-state index in [-0.39, 0.29) is 6.04 Å². The molecule has 0 radical (unpaired) electrons. The Labute approximate surface area is 120 Å². The van der Waals surface area contributed by atoms with E-state index in [9.17, 15) is 13.2 Å². The summed E-state index contributed by atoms with van der Waals surface area (Å²) in [6.45, 7) is 1.90. The molecule has 4 nitrogen and oxygen atoms in total. The minimum Gasteiger partial charge on any atom is -0.496 e. The first-order valence-corrected chi connectivity index (χ1v) is 6.35. The molecule has 0 aliphatic rings. The van der Waals surface area contributed by atoms with E-state index < -0.39 is 11.7 Å². The molecule has 1 atom stereocenters. The number of hydrogen-bond donors (Lipinski definition) is 1. The van der Waals surface area contributed by atoms with Gasteiger partial charge in [0.1, 0.15) is 5.75 Å². The van der Waals surface area contributed by atoms with Crippen molar-refractivity contribution >= 4 is 0 Å². The third-order valence-electron chi connectivity index (χ3n) is 3.29. The third-order valence-corrected chi connectivity index (χ3v) is 3.29. The molecule has 1 N–H and O–H groups in total. The molecule has 21 heavy (non-hydrogen) atoms. The van der Waals surface area contributed by atoms with Gasteiger partial charge in [0.2, 0.25) is 0 Å². The molecule has 0 saturated carbocycles. The van der Waals surface area contributed by atoms with Gasteiger partial charge in [0.25, 0.3) is 0 Å². The van der Waals surface area contributed by atoms with Crippen molar-refractivity contribution in [3.8, 4) is 11.4 Å². The maximum absolute atomic E-state index is 12.7. The molecule has 7 heteroatoms. The number of alkyl halides is 3. The minimum absolute atomic E-state index is 0.102. The Morgan fingerprint density at radius 2 is 2.05 bits per heavy atom. The Morgan fingerprint density at radius 1 is 1.33 bits per heavy atom. The number of nitrogens with one attached hydrogen (secondary N) is 1. The standard InChI is InChI=1S/C14H16F3N3O/c1-9(18-2)13-11(5-4-6-12(13)21-3)20-8-10(7-19-20)14(15,16)17/h4-9,18H,1-3H3. The average Bonchev–Trinajstić information content (AvgIpc) is 2.95. The predicted molar refractivity (Wildman–Crippen MR) is 72.6 cm³/mol. The fourth-order valence-electron chi connectivity index (χ4n) is 2.09. The Morgan fingerprint density at radius 3 is 2.57 bits per heavy atom. The summed E-state index contributed by atoms with van der Waals surface area (Å²) in [6.07, 6.45) is -2.63. The summed E-state index contributed by atoms with van der Waals surface area (Å²) >= 11 is 0. The van der Waals surface area contributed by atoms with Crippen molar-refractivity contribution in [3.63, 3.8) is 0 Å². The first-order valence-electron chi connectivity index (χ1n) is 6.35. The van der Waals surface area contributed by atoms with Crippen LogP contribution < -0.4 is 10.1 Å². The number of methoxy groups -OCH3 is 1. The molecule has 0 bridgehead atoms. The lowest BCUT2D eigenvalue weighted by atomic mass is 10.0. The van der Waals surface area contributed by atoms with E-state index in [1.165, 1.54) is 11.8 Å². The highest BCUT2D eigenvalue weighted by Crippen LogP contribution is 2.33. The molecule has 0 saturated heterocycles. The topological polar surface area (TPSA) is 39.1 Å². The lowest BCUT2D eigenvalue weighted by Crippen LogP contribution is -2.16. The lowest BCUT2D eigenvalue weighted by molar-refractivity contribution is -0.137. The van der Waals surface area contributed by atoms with E-state index in [0.717, 1.165) is 18.0 Å². The number of hydrogen-bond acceptors (Lipinski definition) is 3. The van der Waals surface area contributed by atoms with Gasteiger partial charge in [-0.2, -0.15) is 18.3 Å². The van der Waals surface area contributed by atoms with E-state index in [0.29, 0.717) is 11.4 Å². The highest BCUT2D eigenvalue weighted by Gasteiger charge is 2.32. The van der Waals surface area contributed by atoms with Gasteiger partial charge in [0, 0.05) is 17.8 Å². The summed E-state index contributed by atoms with van der Waals surface area (Å²) in [5.74, 6) is 0.596. The first-order chi connectivity index (χ1) is 9.88. The van der Waals surface area contributed by atoms with E-state index in [2.05, 4.69) is 10.4 Å². The Balaban J connectivity index is 2.56. The van der Waals surface area contributed by atoms with Crippen molar-refractivity contribution in [2.75, 3.05) is 14.2 Å². The van der Waals surface area contributed by atoms with E-state index >= 15 is 0 Å². The summed E-state index contributed by atoms with van der Waals surface area (Å²) in [5.41, 5.74) is 0.513. The number of ether oxygens (including phenoxy) is 1. The van der Waals surface area contributed by atoms with Crippen LogP contribution in [0.15, 0.2) is 30.6 Å². The minimum atomic E-state index is -4.41. The predicted octanol–water partition coefficient (Wildman–Crippen LogP) is 3.18. The molecule has 0 aliphatic heterocycles. The largest absolute Gasteiger partial charge is 0.496 e. The summed E-state index contributed by atoms with van der Waals surface area (Å²) < 4.78 is 44.6. The van der Waals surface area contributed by atoms with Gasteiger partial charge in [-0.3, -0.25) is 0 Å². The van der Waals surface area contributed by atoms with Crippen molar-refractivity contribution in [2.45, 2.75) is 19.1 Å². The van der Waals surface area contributed by atoms with E-state index in [1.54, 1.807) is 25.2 Å². The summed E-state index contributed by atoms with van der Waals surface area (Å²) in [5, 5.41) is 6.88. The van der Waals surface area contributed by atoms with Crippen molar-refractivity contribution in [2.24, 2.45) is 0 Å². The van der Waals surface area contributed by atoms with Crippen molar-refractivity contribution in [1.82, 2.24) is 15.1 Å². The summed E-state index contributed by atoms with van der Waals surface area (Å²) in [6, 6.07) is 5.09. The highest BCUT2D eigenvalue weighted by atomic mass is 19.4. The van der Waals surface area contributed by atoms with Gasteiger partial charge in [-0.15, -0.1) is 0 Å². The zero-order valence-electron chi connectivity index (χ0n) is 11.9. The van der Waals surface area contributed by atoms with Crippen LogP contribution in [0.25, 0.3) is 5.69 Å². The van der Waals surface area contributed by atoms with E-state index in [4.69, 9.17) is 4.74 Å². The lowest BCUT2D eigenvalue weighted by Gasteiger charge is -2.19. The monoisotopic (exact) mass is 299 g/mol. The van der Waals surface area contributed by atoms with Crippen LogP contribution in [0, 0.1) is 0 Å². The van der Waals surface area contributed by atoms with Crippen molar-refractivity contribution in [3.05, 3.63) is 41.7 Å². The van der Waals surface area contributed by atoms with Crippen LogP contribution in [0.4, 0.5) is 13.2 Å². The number of aromatic nitrogens is 2. The average molecular weight is 299 g/mol. The van der Waals surface area contributed by atoms with Crippen LogP contribution in [-0.2, 0) is 6.18 Å². The van der Waals surface area contributed by atoms with Gasteiger partial charge in [0.15, 0.2) is 0 Å². The van der Waals surface area contributed by atoms with Gasteiger partial charge >= 0.3 is 6.18 Å². The second-order valence-corrected chi connectivity index (χ2v) is 4.57. The molecule has 0 spiro atoms. The second-order valence-electron chi connectivity index (χ2n) is 4.57. The third kappa shape index (κ3) is 3.02. The fourth-order valence-corrected chi connectivity index (χ4v) is 2.09. The molecule has 1 aromatic carbocycles. The van der Waals surface area contributed by atoms with Gasteiger partial charge in [-0.1, -0.05) is 6.07 Å². The van der Waals surface area contributed by atoms with Gasteiger partial charge in [-0.25, -0.2) is 4.68 Å². The SMILES string of the molecule is CNC(C)c1c(OC)cccc1-n1cc(C(F)(F)F)cn1. The Kier molecular flexibility index (Phi) is 4.22. The Bertz CT molecular complexity index is 622. The smallest absolute Gasteiger partial charge is 0.419 e. The normalized spacial score (nSPS) is 13.2. The molecule has 0 aliphatic carbocycles.